The quantitative estimate of drug-likeness (QED) is 0.501. The van der Waals surface area contributed by atoms with E-state index in [9.17, 15) is 14.4 Å². The summed E-state index contributed by atoms with van der Waals surface area (Å²) in [7, 11) is 0. The summed E-state index contributed by atoms with van der Waals surface area (Å²) in [5, 5.41) is 5.54. The molecule has 2 aromatic carbocycles. The topological polar surface area (TPSA) is 91.4 Å². The van der Waals surface area contributed by atoms with Gasteiger partial charge in [0, 0.05) is 31.3 Å². The number of pyridine rings is 1. The van der Waals surface area contributed by atoms with Crippen LogP contribution in [0, 0.1) is 6.92 Å². The fourth-order valence-corrected chi connectivity index (χ4v) is 3.24. The number of aryl methyl sites for hydroxylation is 1. The lowest BCUT2D eigenvalue weighted by atomic mass is 10.1. The Morgan fingerprint density at radius 1 is 0.848 bits per heavy atom. The number of anilines is 2. The maximum Gasteiger partial charge on any atom is 0.240 e. The van der Waals surface area contributed by atoms with Gasteiger partial charge in [0.25, 0.3) is 0 Å². The third-order valence-electron chi connectivity index (χ3n) is 5.03. The molecule has 7 nitrogen and oxygen atoms in total. The predicted octanol–water partition coefficient (Wildman–Crippen LogP) is 3.50. The third-order valence-corrected chi connectivity index (χ3v) is 5.03. The van der Waals surface area contributed by atoms with Gasteiger partial charge in [-0.25, -0.2) is 4.98 Å². The summed E-state index contributed by atoms with van der Waals surface area (Å²) in [5.41, 5.74) is 2.80. The molecule has 3 amide bonds. The first-order chi connectivity index (χ1) is 16.0. The zero-order valence-corrected chi connectivity index (χ0v) is 18.7. The molecule has 0 aliphatic rings. The van der Waals surface area contributed by atoms with E-state index in [2.05, 4.69) is 15.6 Å². The van der Waals surface area contributed by atoms with Gasteiger partial charge in [0.1, 0.15) is 12.4 Å². The largest absolute Gasteiger partial charge is 0.354 e. The van der Waals surface area contributed by atoms with E-state index in [4.69, 9.17) is 0 Å². The molecule has 0 bridgehead atoms. The van der Waals surface area contributed by atoms with E-state index in [1.165, 1.54) is 4.90 Å². The van der Waals surface area contributed by atoms with Gasteiger partial charge < -0.3 is 15.5 Å². The smallest absolute Gasteiger partial charge is 0.240 e. The number of amides is 3. The molecule has 0 aliphatic carbocycles. The van der Waals surface area contributed by atoms with Gasteiger partial charge in [0.15, 0.2) is 0 Å². The number of hydrogen-bond donors (Lipinski definition) is 2. The van der Waals surface area contributed by atoms with Gasteiger partial charge in [0.2, 0.25) is 17.7 Å². The fourth-order valence-electron chi connectivity index (χ4n) is 3.24. The molecule has 3 aromatic rings. The number of carbonyl (C=O) groups excluding carboxylic acids is 3. The van der Waals surface area contributed by atoms with E-state index in [1.54, 1.807) is 36.5 Å². The molecule has 1 heterocycles. The third kappa shape index (κ3) is 7.88. The van der Waals surface area contributed by atoms with Crippen LogP contribution in [0.2, 0.25) is 0 Å². The molecule has 1 aromatic heterocycles. The molecule has 0 saturated carbocycles. The van der Waals surface area contributed by atoms with Gasteiger partial charge in [-0.2, -0.15) is 0 Å². The Kier molecular flexibility index (Phi) is 8.71. The van der Waals surface area contributed by atoms with Crippen molar-refractivity contribution in [3.05, 3.63) is 90.1 Å². The lowest BCUT2D eigenvalue weighted by molar-refractivity contribution is -0.125. The Labute approximate surface area is 193 Å². The second kappa shape index (κ2) is 12.1. The van der Waals surface area contributed by atoms with Crippen LogP contribution in [0.15, 0.2) is 79.0 Å². The van der Waals surface area contributed by atoms with Crippen molar-refractivity contribution in [3.63, 3.8) is 0 Å². The van der Waals surface area contributed by atoms with E-state index in [0.29, 0.717) is 24.5 Å². The van der Waals surface area contributed by atoms with Gasteiger partial charge in [-0.15, -0.1) is 0 Å². The minimum Gasteiger partial charge on any atom is -0.354 e. The Balaban J connectivity index is 1.57. The molecule has 170 valence electrons. The van der Waals surface area contributed by atoms with Gasteiger partial charge in [-0.3, -0.25) is 14.4 Å². The second-order valence-corrected chi connectivity index (χ2v) is 7.66. The number of nitrogens with zero attached hydrogens (tertiary/aromatic N) is 2. The van der Waals surface area contributed by atoms with Crippen LogP contribution < -0.4 is 15.5 Å². The van der Waals surface area contributed by atoms with Crippen LogP contribution in [0.3, 0.4) is 0 Å². The molecule has 0 fully saturated rings. The molecular formula is C26H28N4O3. The first kappa shape index (κ1) is 23.7. The highest BCUT2D eigenvalue weighted by molar-refractivity contribution is 6.01. The minimum atomic E-state index is -0.307. The molecule has 0 unspecified atom stereocenters. The molecule has 0 spiro atoms. The van der Waals surface area contributed by atoms with Crippen molar-refractivity contribution in [2.24, 2.45) is 0 Å². The number of nitrogens with one attached hydrogen (secondary N) is 2. The van der Waals surface area contributed by atoms with Crippen LogP contribution in [0.5, 0.6) is 0 Å². The molecule has 0 aliphatic heterocycles. The normalized spacial score (nSPS) is 10.3. The van der Waals surface area contributed by atoms with Crippen molar-refractivity contribution in [2.45, 2.75) is 26.2 Å². The van der Waals surface area contributed by atoms with Crippen molar-refractivity contribution in [3.8, 4) is 0 Å². The van der Waals surface area contributed by atoms with Gasteiger partial charge in [0.05, 0.1) is 0 Å². The number of carbonyl (C=O) groups is 3. The molecular weight excluding hydrogens is 416 g/mol. The Morgan fingerprint density at radius 2 is 1.58 bits per heavy atom. The highest BCUT2D eigenvalue weighted by atomic mass is 16.2. The van der Waals surface area contributed by atoms with Crippen LogP contribution in [0.1, 0.15) is 24.0 Å². The van der Waals surface area contributed by atoms with Crippen molar-refractivity contribution in [2.75, 3.05) is 23.3 Å². The SMILES string of the molecule is Cc1ccc(N(CC(=O)NCCc2ccccc2)C(=O)CCC(=O)Nc2ccccn2)cc1. The first-order valence-electron chi connectivity index (χ1n) is 10.9. The van der Waals surface area contributed by atoms with Crippen LogP contribution in [-0.4, -0.2) is 35.8 Å². The molecule has 2 N–H and O–H groups in total. The summed E-state index contributed by atoms with van der Waals surface area (Å²) >= 11 is 0. The van der Waals surface area contributed by atoms with Crippen molar-refractivity contribution >= 4 is 29.2 Å². The Hall–Kier alpha value is -4.00. The number of hydrogen-bond acceptors (Lipinski definition) is 4. The van der Waals surface area contributed by atoms with Crippen molar-refractivity contribution < 1.29 is 14.4 Å². The number of benzene rings is 2. The summed E-state index contributed by atoms with van der Waals surface area (Å²) in [4.78, 5) is 43.2. The fraction of sp³-hybridized carbons (Fsp3) is 0.231. The van der Waals surface area contributed by atoms with E-state index >= 15 is 0 Å². The van der Waals surface area contributed by atoms with Crippen molar-refractivity contribution in [1.82, 2.24) is 10.3 Å². The second-order valence-electron chi connectivity index (χ2n) is 7.66. The monoisotopic (exact) mass is 444 g/mol. The summed E-state index contributed by atoms with van der Waals surface area (Å²) < 4.78 is 0. The lowest BCUT2D eigenvalue weighted by Crippen LogP contribution is -2.41. The summed E-state index contributed by atoms with van der Waals surface area (Å²) in [5.74, 6) is -0.424. The van der Waals surface area contributed by atoms with Crippen molar-refractivity contribution in [1.29, 1.82) is 0 Å². The van der Waals surface area contributed by atoms with E-state index in [0.717, 1.165) is 11.1 Å². The zero-order chi connectivity index (χ0) is 23.5. The zero-order valence-electron chi connectivity index (χ0n) is 18.7. The highest BCUT2D eigenvalue weighted by Crippen LogP contribution is 2.17. The summed E-state index contributed by atoms with van der Waals surface area (Å²) in [6.45, 7) is 2.32. The Bertz CT molecular complexity index is 1050. The summed E-state index contributed by atoms with van der Waals surface area (Å²) in [6, 6.07) is 22.4. The molecule has 0 saturated heterocycles. The van der Waals surface area contributed by atoms with Gasteiger partial charge >= 0.3 is 0 Å². The van der Waals surface area contributed by atoms with Gasteiger partial charge in [-0.1, -0.05) is 54.1 Å². The standard InChI is InChI=1S/C26H28N4O3/c1-20-10-12-22(13-11-20)30(19-25(32)28-18-16-21-7-3-2-4-8-21)26(33)15-14-24(31)29-23-9-5-6-17-27-23/h2-13,17H,14-16,18-19H2,1H3,(H,28,32)(H,27,29,31). The minimum absolute atomic E-state index is 0.00655. The molecule has 3 rings (SSSR count). The van der Waals surface area contributed by atoms with E-state index < -0.39 is 0 Å². The van der Waals surface area contributed by atoms with Crippen LogP contribution in [0.25, 0.3) is 0 Å². The van der Waals surface area contributed by atoms with Crippen LogP contribution >= 0.6 is 0 Å². The van der Waals surface area contributed by atoms with Crippen LogP contribution in [0.4, 0.5) is 11.5 Å². The van der Waals surface area contributed by atoms with Crippen LogP contribution in [-0.2, 0) is 20.8 Å². The Morgan fingerprint density at radius 3 is 2.27 bits per heavy atom. The predicted molar refractivity (Wildman–Crippen MR) is 129 cm³/mol. The summed E-state index contributed by atoms with van der Waals surface area (Å²) in [6.07, 6.45) is 2.26. The molecule has 0 radical (unpaired) electrons. The van der Waals surface area contributed by atoms with E-state index in [-0.39, 0.29) is 37.1 Å². The van der Waals surface area contributed by atoms with Gasteiger partial charge in [-0.05, 0) is 43.2 Å². The maximum atomic E-state index is 13.0. The molecule has 33 heavy (non-hydrogen) atoms. The highest BCUT2D eigenvalue weighted by Gasteiger charge is 2.20. The number of aromatic nitrogens is 1. The molecule has 7 heteroatoms. The average molecular weight is 445 g/mol. The average Bonchev–Trinajstić information content (AvgIpc) is 2.83. The first-order valence-corrected chi connectivity index (χ1v) is 10.9. The lowest BCUT2D eigenvalue weighted by Gasteiger charge is -2.22. The maximum absolute atomic E-state index is 13.0. The number of rotatable bonds is 10. The van der Waals surface area contributed by atoms with E-state index in [1.807, 2.05) is 49.4 Å². The molecule has 0 atom stereocenters.